The lowest BCUT2D eigenvalue weighted by molar-refractivity contribution is -0.116. The Morgan fingerprint density at radius 3 is 2.58 bits per heavy atom. The molecule has 0 unspecified atom stereocenters. The SMILES string of the molecule is COc1ccc(NC(C)=O)cc1N[C@@H](C)C(=O)Nc1cc(C)on1. The molecule has 1 heterocycles. The molecule has 8 nitrogen and oxygen atoms in total. The van der Waals surface area contributed by atoms with E-state index in [2.05, 4.69) is 21.1 Å². The first-order valence-electron chi connectivity index (χ1n) is 7.35. The number of nitrogens with zero attached hydrogens (tertiary/aromatic N) is 1. The van der Waals surface area contributed by atoms with Gasteiger partial charge in [-0.15, -0.1) is 0 Å². The molecule has 0 saturated carbocycles. The van der Waals surface area contributed by atoms with Gasteiger partial charge in [-0.2, -0.15) is 0 Å². The van der Waals surface area contributed by atoms with E-state index < -0.39 is 6.04 Å². The highest BCUT2D eigenvalue weighted by molar-refractivity contribution is 5.96. The number of nitrogens with one attached hydrogen (secondary N) is 3. The number of methoxy groups -OCH3 is 1. The fraction of sp³-hybridized carbons (Fsp3) is 0.312. The van der Waals surface area contributed by atoms with Gasteiger partial charge in [-0.3, -0.25) is 9.59 Å². The van der Waals surface area contributed by atoms with Crippen LogP contribution in [0.4, 0.5) is 17.2 Å². The van der Waals surface area contributed by atoms with Gasteiger partial charge in [-0.25, -0.2) is 0 Å². The van der Waals surface area contributed by atoms with Crippen LogP contribution in [0.1, 0.15) is 19.6 Å². The van der Waals surface area contributed by atoms with Gasteiger partial charge < -0.3 is 25.2 Å². The molecule has 128 valence electrons. The highest BCUT2D eigenvalue weighted by Crippen LogP contribution is 2.28. The molecule has 8 heteroatoms. The summed E-state index contributed by atoms with van der Waals surface area (Å²) in [6, 6.07) is 6.18. The summed E-state index contributed by atoms with van der Waals surface area (Å²) in [6.07, 6.45) is 0. The van der Waals surface area contributed by atoms with Gasteiger partial charge >= 0.3 is 0 Å². The maximum Gasteiger partial charge on any atom is 0.247 e. The van der Waals surface area contributed by atoms with Gasteiger partial charge in [0.05, 0.1) is 12.8 Å². The lowest BCUT2D eigenvalue weighted by Gasteiger charge is -2.17. The first kappa shape index (κ1) is 17.3. The van der Waals surface area contributed by atoms with Crippen molar-refractivity contribution in [3.05, 3.63) is 30.0 Å². The largest absolute Gasteiger partial charge is 0.495 e. The number of aryl methyl sites for hydroxylation is 1. The quantitative estimate of drug-likeness (QED) is 0.750. The molecule has 1 aromatic carbocycles. The van der Waals surface area contributed by atoms with Crippen LogP contribution in [0.5, 0.6) is 5.75 Å². The molecule has 0 aliphatic carbocycles. The van der Waals surface area contributed by atoms with Crippen molar-refractivity contribution in [1.29, 1.82) is 0 Å². The maximum atomic E-state index is 12.2. The zero-order valence-corrected chi connectivity index (χ0v) is 14.0. The summed E-state index contributed by atoms with van der Waals surface area (Å²) < 4.78 is 10.2. The van der Waals surface area contributed by atoms with Crippen molar-refractivity contribution >= 4 is 29.0 Å². The van der Waals surface area contributed by atoms with E-state index in [-0.39, 0.29) is 11.8 Å². The highest BCUT2D eigenvalue weighted by atomic mass is 16.5. The zero-order valence-electron chi connectivity index (χ0n) is 14.0. The molecule has 0 fully saturated rings. The van der Waals surface area contributed by atoms with E-state index in [0.717, 1.165) is 0 Å². The number of ether oxygens (including phenoxy) is 1. The third-order valence-corrected chi connectivity index (χ3v) is 3.16. The van der Waals surface area contributed by atoms with Crippen molar-refractivity contribution in [3.8, 4) is 5.75 Å². The van der Waals surface area contributed by atoms with Gasteiger partial charge in [0.1, 0.15) is 17.6 Å². The van der Waals surface area contributed by atoms with Crippen molar-refractivity contribution < 1.29 is 18.8 Å². The molecule has 0 radical (unpaired) electrons. The van der Waals surface area contributed by atoms with Crippen molar-refractivity contribution in [1.82, 2.24) is 5.16 Å². The normalized spacial score (nSPS) is 11.5. The molecule has 24 heavy (non-hydrogen) atoms. The second-order valence-electron chi connectivity index (χ2n) is 5.27. The van der Waals surface area contributed by atoms with Crippen LogP contribution in [0.15, 0.2) is 28.8 Å². The van der Waals surface area contributed by atoms with Crippen LogP contribution < -0.4 is 20.7 Å². The third-order valence-electron chi connectivity index (χ3n) is 3.16. The summed E-state index contributed by atoms with van der Waals surface area (Å²) in [5.74, 6) is 1.05. The van der Waals surface area contributed by atoms with E-state index in [1.807, 2.05) is 0 Å². The van der Waals surface area contributed by atoms with Gasteiger partial charge in [0.2, 0.25) is 11.8 Å². The number of hydrogen-bond donors (Lipinski definition) is 3. The number of hydrogen-bond acceptors (Lipinski definition) is 6. The molecule has 0 aliphatic rings. The number of anilines is 3. The second-order valence-corrected chi connectivity index (χ2v) is 5.27. The smallest absolute Gasteiger partial charge is 0.247 e. The fourth-order valence-corrected chi connectivity index (χ4v) is 2.06. The van der Waals surface area contributed by atoms with Crippen LogP contribution in [0.3, 0.4) is 0 Å². The van der Waals surface area contributed by atoms with Gasteiger partial charge in [0.15, 0.2) is 5.82 Å². The number of benzene rings is 1. The minimum Gasteiger partial charge on any atom is -0.495 e. The van der Waals surface area contributed by atoms with Crippen LogP contribution >= 0.6 is 0 Å². The Morgan fingerprint density at radius 2 is 2.00 bits per heavy atom. The fourth-order valence-electron chi connectivity index (χ4n) is 2.06. The van der Waals surface area contributed by atoms with Crippen LogP contribution in [0.2, 0.25) is 0 Å². The Balaban J connectivity index is 2.09. The summed E-state index contributed by atoms with van der Waals surface area (Å²) in [4.78, 5) is 23.4. The van der Waals surface area contributed by atoms with E-state index in [1.165, 1.54) is 14.0 Å². The van der Waals surface area contributed by atoms with Crippen LogP contribution in [0.25, 0.3) is 0 Å². The van der Waals surface area contributed by atoms with Crippen molar-refractivity contribution in [3.63, 3.8) is 0 Å². The minimum absolute atomic E-state index is 0.182. The summed E-state index contributed by atoms with van der Waals surface area (Å²) in [5, 5.41) is 12.1. The van der Waals surface area contributed by atoms with E-state index in [4.69, 9.17) is 9.26 Å². The molecule has 3 N–H and O–H groups in total. The Morgan fingerprint density at radius 1 is 1.25 bits per heavy atom. The van der Waals surface area contributed by atoms with E-state index in [1.54, 1.807) is 38.1 Å². The van der Waals surface area contributed by atoms with Crippen molar-refractivity contribution in [2.75, 3.05) is 23.1 Å². The molecule has 2 rings (SSSR count). The molecular formula is C16H20N4O4. The number of carbonyl (C=O) groups excluding carboxylic acids is 2. The predicted molar refractivity (Wildman–Crippen MR) is 90.3 cm³/mol. The molecule has 2 amide bonds. The molecule has 0 aliphatic heterocycles. The van der Waals surface area contributed by atoms with Gasteiger partial charge in [-0.05, 0) is 32.0 Å². The van der Waals surface area contributed by atoms with Crippen molar-refractivity contribution in [2.24, 2.45) is 0 Å². The Kier molecular flexibility index (Phi) is 5.41. The predicted octanol–water partition coefficient (Wildman–Crippen LogP) is 2.39. The molecule has 2 aromatic rings. The summed E-state index contributed by atoms with van der Waals surface area (Å²) in [5.41, 5.74) is 1.19. The summed E-state index contributed by atoms with van der Waals surface area (Å²) >= 11 is 0. The van der Waals surface area contributed by atoms with Crippen LogP contribution in [-0.4, -0.2) is 30.1 Å². The monoisotopic (exact) mass is 332 g/mol. The molecule has 0 saturated heterocycles. The summed E-state index contributed by atoms with van der Waals surface area (Å²) in [6.45, 7) is 4.86. The number of rotatable bonds is 6. The molecule has 1 aromatic heterocycles. The minimum atomic E-state index is -0.566. The first-order valence-corrected chi connectivity index (χ1v) is 7.35. The van der Waals surface area contributed by atoms with E-state index in [0.29, 0.717) is 28.7 Å². The van der Waals surface area contributed by atoms with Crippen LogP contribution in [-0.2, 0) is 9.59 Å². The van der Waals surface area contributed by atoms with Crippen LogP contribution in [0, 0.1) is 6.92 Å². The van der Waals surface area contributed by atoms with Crippen molar-refractivity contribution in [2.45, 2.75) is 26.8 Å². The highest BCUT2D eigenvalue weighted by Gasteiger charge is 2.17. The Bertz CT molecular complexity index is 741. The van der Waals surface area contributed by atoms with E-state index >= 15 is 0 Å². The van der Waals surface area contributed by atoms with Gasteiger partial charge in [-0.1, -0.05) is 5.16 Å². The lowest BCUT2D eigenvalue weighted by Crippen LogP contribution is -2.32. The number of carbonyl (C=O) groups is 2. The average molecular weight is 332 g/mol. The van der Waals surface area contributed by atoms with Gasteiger partial charge in [0, 0.05) is 18.7 Å². The molecule has 1 atom stereocenters. The topological polar surface area (TPSA) is 105 Å². The molecule has 0 bridgehead atoms. The first-order chi connectivity index (χ1) is 11.4. The Hall–Kier alpha value is -3.03. The zero-order chi connectivity index (χ0) is 17.7. The van der Waals surface area contributed by atoms with E-state index in [9.17, 15) is 9.59 Å². The second kappa shape index (κ2) is 7.49. The Labute approximate surface area is 139 Å². The number of aromatic nitrogens is 1. The average Bonchev–Trinajstić information content (AvgIpc) is 2.92. The lowest BCUT2D eigenvalue weighted by atomic mass is 10.2. The summed E-state index contributed by atoms with van der Waals surface area (Å²) in [7, 11) is 1.53. The molecule has 0 spiro atoms. The maximum absolute atomic E-state index is 12.2. The third kappa shape index (κ3) is 4.48. The van der Waals surface area contributed by atoms with Gasteiger partial charge in [0.25, 0.3) is 0 Å². The number of amides is 2. The molecular weight excluding hydrogens is 312 g/mol. The standard InChI is InChI=1S/C16H20N4O4/c1-9-7-15(20-24-9)19-16(22)10(2)17-13-8-12(18-11(3)21)5-6-14(13)23-4/h5-8,10,17H,1-4H3,(H,18,21)(H,19,20,22)/t10-/m0/s1.